The normalized spacial score (nSPS) is 15.9. The van der Waals surface area contributed by atoms with E-state index in [1.807, 2.05) is 17.5 Å². The number of rotatable bonds is 6. The summed E-state index contributed by atoms with van der Waals surface area (Å²) >= 11 is 8.84. The lowest BCUT2D eigenvalue weighted by Crippen LogP contribution is -2.55. The Morgan fingerprint density at radius 3 is 2.74 bits per heavy atom. The number of carboxylic acid groups (broad SMARTS) is 1. The fraction of sp³-hybridized carbons (Fsp3) is 0.400. The molecule has 1 aliphatic carbocycles. The third-order valence-corrected chi connectivity index (χ3v) is 6.17. The Kier molecular flexibility index (Phi) is 4.70. The zero-order valence-electron chi connectivity index (χ0n) is 12.2. The minimum absolute atomic E-state index is 0.0191. The fourth-order valence-corrected chi connectivity index (χ4v) is 4.61. The second kappa shape index (κ2) is 6.59. The molecule has 0 spiro atoms. The van der Waals surface area contributed by atoms with Gasteiger partial charge in [-0.3, -0.25) is 9.59 Å². The summed E-state index contributed by atoms with van der Waals surface area (Å²) in [5.74, 6) is -1.05. The number of nitrogens with one attached hydrogen (secondary N) is 1. The number of thiophene rings is 1. The maximum Gasteiger partial charge on any atom is 0.305 e. The first-order valence-corrected chi connectivity index (χ1v) is 9.26. The van der Waals surface area contributed by atoms with Gasteiger partial charge in [-0.25, -0.2) is 4.98 Å². The first-order chi connectivity index (χ1) is 11.0. The van der Waals surface area contributed by atoms with Crippen molar-refractivity contribution in [2.75, 3.05) is 0 Å². The summed E-state index contributed by atoms with van der Waals surface area (Å²) in [7, 11) is 0. The van der Waals surface area contributed by atoms with Gasteiger partial charge < -0.3 is 10.4 Å². The molecule has 1 amide bonds. The predicted molar refractivity (Wildman–Crippen MR) is 91.1 cm³/mol. The molecule has 0 radical (unpaired) electrons. The van der Waals surface area contributed by atoms with Crippen molar-refractivity contribution >= 4 is 46.2 Å². The van der Waals surface area contributed by atoms with E-state index in [1.165, 1.54) is 22.7 Å². The van der Waals surface area contributed by atoms with Crippen molar-refractivity contribution < 1.29 is 14.7 Å². The summed E-state index contributed by atoms with van der Waals surface area (Å²) in [4.78, 5) is 28.6. The van der Waals surface area contributed by atoms with Gasteiger partial charge in [-0.2, -0.15) is 0 Å². The first kappa shape index (κ1) is 16.4. The van der Waals surface area contributed by atoms with Crippen LogP contribution in [0.3, 0.4) is 0 Å². The lowest BCUT2D eigenvalue weighted by atomic mass is 9.74. The highest BCUT2D eigenvalue weighted by Crippen LogP contribution is 2.35. The molecule has 1 aliphatic rings. The Labute approximate surface area is 146 Å². The molecule has 1 fully saturated rings. The van der Waals surface area contributed by atoms with E-state index in [1.54, 1.807) is 0 Å². The van der Waals surface area contributed by atoms with E-state index in [4.69, 9.17) is 16.7 Å². The van der Waals surface area contributed by atoms with Gasteiger partial charge in [0.1, 0.15) is 5.01 Å². The molecule has 23 heavy (non-hydrogen) atoms. The van der Waals surface area contributed by atoms with E-state index in [-0.39, 0.29) is 18.7 Å². The van der Waals surface area contributed by atoms with E-state index in [2.05, 4.69) is 10.3 Å². The van der Waals surface area contributed by atoms with Gasteiger partial charge in [0.25, 0.3) is 0 Å². The second-order valence-electron chi connectivity index (χ2n) is 5.68. The number of aliphatic carboxylic acids is 1. The molecule has 0 aliphatic heterocycles. The number of aromatic nitrogens is 1. The maximum atomic E-state index is 12.2. The van der Waals surface area contributed by atoms with Crippen LogP contribution in [0.1, 0.15) is 31.4 Å². The summed E-state index contributed by atoms with van der Waals surface area (Å²) in [5, 5.41) is 14.6. The number of thiazole rings is 1. The molecular weight excluding hydrogens is 356 g/mol. The molecule has 3 rings (SSSR count). The molecule has 2 N–H and O–H groups in total. The van der Waals surface area contributed by atoms with Gasteiger partial charge >= 0.3 is 5.97 Å². The molecule has 0 unspecified atom stereocenters. The van der Waals surface area contributed by atoms with Crippen LogP contribution in [-0.4, -0.2) is 27.5 Å². The number of carbonyl (C=O) groups excluding carboxylic acids is 1. The van der Waals surface area contributed by atoms with Gasteiger partial charge in [0.15, 0.2) is 0 Å². The highest BCUT2D eigenvalue weighted by molar-refractivity contribution is 7.23. The van der Waals surface area contributed by atoms with E-state index in [0.29, 0.717) is 10.0 Å². The summed E-state index contributed by atoms with van der Waals surface area (Å²) in [6.07, 6.45) is 2.54. The standard InChI is InChI=1S/C15H15ClN2O3S2/c16-11-3-2-10(23-11)14-17-9(8-22-14)6-12(19)18-15(4-1-5-15)7-13(20)21/h2-3,8H,1,4-7H2,(H,18,19)(H,20,21). The van der Waals surface area contributed by atoms with Gasteiger partial charge in [-0.15, -0.1) is 22.7 Å². The Balaban J connectivity index is 1.62. The van der Waals surface area contributed by atoms with Crippen molar-refractivity contribution in [2.24, 2.45) is 0 Å². The average molecular weight is 371 g/mol. The van der Waals surface area contributed by atoms with Crippen molar-refractivity contribution in [3.05, 3.63) is 27.5 Å². The highest BCUT2D eigenvalue weighted by atomic mass is 35.5. The zero-order valence-corrected chi connectivity index (χ0v) is 14.6. The van der Waals surface area contributed by atoms with Crippen LogP contribution in [0.15, 0.2) is 17.5 Å². The van der Waals surface area contributed by atoms with Crippen molar-refractivity contribution in [2.45, 2.75) is 37.6 Å². The summed E-state index contributed by atoms with van der Waals surface area (Å²) in [6.45, 7) is 0. The van der Waals surface area contributed by atoms with Crippen molar-refractivity contribution in [3.63, 3.8) is 0 Å². The number of hydrogen-bond acceptors (Lipinski definition) is 5. The average Bonchev–Trinajstić information content (AvgIpc) is 3.04. The zero-order chi connectivity index (χ0) is 16.4. The Morgan fingerprint density at radius 1 is 1.39 bits per heavy atom. The molecule has 5 nitrogen and oxygen atoms in total. The topological polar surface area (TPSA) is 79.3 Å². The van der Waals surface area contributed by atoms with Crippen LogP contribution < -0.4 is 5.32 Å². The third kappa shape index (κ3) is 3.91. The Hall–Kier alpha value is -1.44. The lowest BCUT2D eigenvalue weighted by Gasteiger charge is -2.41. The number of amides is 1. The van der Waals surface area contributed by atoms with Gasteiger partial charge in [-0.1, -0.05) is 11.6 Å². The van der Waals surface area contributed by atoms with Crippen LogP contribution >= 0.6 is 34.3 Å². The van der Waals surface area contributed by atoms with Gasteiger partial charge in [-0.05, 0) is 31.4 Å². The van der Waals surface area contributed by atoms with E-state index < -0.39 is 11.5 Å². The number of carbonyl (C=O) groups is 2. The van der Waals surface area contributed by atoms with Gasteiger partial charge in [0.2, 0.25) is 5.91 Å². The van der Waals surface area contributed by atoms with E-state index in [0.717, 1.165) is 29.1 Å². The first-order valence-electron chi connectivity index (χ1n) is 7.19. The molecule has 0 bridgehead atoms. The summed E-state index contributed by atoms with van der Waals surface area (Å²) in [5.41, 5.74) is 0.125. The Morgan fingerprint density at radius 2 is 2.17 bits per heavy atom. The molecule has 122 valence electrons. The molecule has 0 atom stereocenters. The third-order valence-electron chi connectivity index (χ3n) is 3.88. The lowest BCUT2D eigenvalue weighted by molar-refractivity contribution is -0.140. The number of carboxylic acids is 1. The second-order valence-corrected chi connectivity index (χ2v) is 8.25. The van der Waals surface area contributed by atoms with Crippen LogP contribution in [0.4, 0.5) is 0 Å². The van der Waals surface area contributed by atoms with Crippen molar-refractivity contribution in [3.8, 4) is 9.88 Å². The molecule has 8 heteroatoms. The smallest absolute Gasteiger partial charge is 0.305 e. The van der Waals surface area contributed by atoms with Crippen LogP contribution in [0, 0.1) is 0 Å². The van der Waals surface area contributed by atoms with E-state index >= 15 is 0 Å². The van der Waals surface area contributed by atoms with E-state index in [9.17, 15) is 9.59 Å². The van der Waals surface area contributed by atoms with Crippen molar-refractivity contribution in [1.82, 2.24) is 10.3 Å². The monoisotopic (exact) mass is 370 g/mol. The molecule has 2 aromatic rings. The largest absolute Gasteiger partial charge is 0.481 e. The molecule has 0 aromatic carbocycles. The van der Waals surface area contributed by atoms with Crippen LogP contribution in [0.5, 0.6) is 0 Å². The SMILES string of the molecule is O=C(O)CC1(NC(=O)Cc2csc(-c3ccc(Cl)s3)n2)CCC1. The molecular formula is C15H15ClN2O3S2. The maximum absolute atomic E-state index is 12.2. The molecule has 2 aromatic heterocycles. The van der Waals surface area contributed by atoms with Gasteiger partial charge in [0.05, 0.1) is 33.3 Å². The minimum atomic E-state index is -0.879. The quantitative estimate of drug-likeness (QED) is 0.814. The molecule has 1 saturated carbocycles. The minimum Gasteiger partial charge on any atom is -0.481 e. The number of nitrogens with zero attached hydrogens (tertiary/aromatic N) is 1. The number of hydrogen-bond donors (Lipinski definition) is 2. The molecule has 0 saturated heterocycles. The van der Waals surface area contributed by atoms with Crippen molar-refractivity contribution in [1.29, 1.82) is 0 Å². The number of halogens is 1. The summed E-state index contributed by atoms with van der Waals surface area (Å²) in [6, 6.07) is 3.73. The Bertz CT molecular complexity index is 737. The van der Waals surface area contributed by atoms with Gasteiger partial charge in [0, 0.05) is 5.38 Å². The summed E-state index contributed by atoms with van der Waals surface area (Å²) < 4.78 is 0.704. The predicted octanol–water partition coefficient (Wildman–Crippen LogP) is 3.58. The van der Waals surface area contributed by atoms with Crippen LogP contribution in [0.2, 0.25) is 4.34 Å². The molecule has 2 heterocycles. The fourth-order valence-electron chi connectivity index (χ4n) is 2.67. The highest BCUT2D eigenvalue weighted by Gasteiger charge is 2.40. The van der Waals surface area contributed by atoms with Crippen LogP contribution in [-0.2, 0) is 16.0 Å². The van der Waals surface area contributed by atoms with Crippen LogP contribution in [0.25, 0.3) is 9.88 Å².